The average molecular weight is 542 g/mol. The molecule has 0 aliphatic rings. The van der Waals surface area contributed by atoms with E-state index in [0.717, 1.165) is 16.7 Å². The Kier molecular flexibility index (Phi) is 5.64. The first kappa shape index (κ1) is 23.7. The van der Waals surface area contributed by atoms with Gasteiger partial charge in [-0.1, -0.05) is 121 Å². The molecule has 3 nitrogen and oxygen atoms in total. The molecular formula is C37H23N3S. The zero-order chi connectivity index (χ0) is 27.2. The highest BCUT2D eigenvalue weighted by Gasteiger charge is 2.14. The molecule has 0 fully saturated rings. The number of fused-ring (bicyclic) bond motifs is 4. The van der Waals surface area contributed by atoms with Crippen molar-refractivity contribution in [3.8, 4) is 45.3 Å². The average Bonchev–Trinajstić information content (AvgIpc) is 3.42. The Hall–Kier alpha value is -5.19. The molecule has 192 valence electrons. The summed E-state index contributed by atoms with van der Waals surface area (Å²) in [6.45, 7) is 0. The Balaban J connectivity index is 1.24. The van der Waals surface area contributed by atoms with Crippen molar-refractivity contribution in [1.82, 2.24) is 15.0 Å². The summed E-state index contributed by atoms with van der Waals surface area (Å²) in [5, 5.41) is 5.04. The smallest absolute Gasteiger partial charge is 0.164 e. The summed E-state index contributed by atoms with van der Waals surface area (Å²) in [5.41, 5.74) is 5.38. The first-order chi connectivity index (χ1) is 20.3. The Bertz CT molecular complexity index is 2140. The number of benzene rings is 6. The predicted molar refractivity (Wildman–Crippen MR) is 172 cm³/mol. The molecule has 41 heavy (non-hydrogen) atoms. The third-order valence-corrected chi connectivity index (χ3v) is 8.63. The first-order valence-corrected chi connectivity index (χ1v) is 14.4. The molecular weight excluding hydrogens is 518 g/mol. The molecule has 8 rings (SSSR count). The molecule has 0 saturated carbocycles. The van der Waals surface area contributed by atoms with Gasteiger partial charge in [0.25, 0.3) is 0 Å². The molecule has 0 saturated heterocycles. The van der Waals surface area contributed by atoms with Gasteiger partial charge in [0.1, 0.15) is 0 Å². The summed E-state index contributed by atoms with van der Waals surface area (Å²) in [5.74, 6) is 2.02. The summed E-state index contributed by atoms with van der Waals surface area (Å²) in [4.78, 5) is 14.7. The van der Waals surface area contributed by atoms with Crippen LogP contribution in [-0.4, -0.2) is 15.0 Å². The fraction of sp³-hybridized carbons (Fsp3) is 0. The van der Waals surface area contributed by atoms with Crippen LogP contribution in [0.25, 0.3) is 76.2 Å². The maximum atomic E-state index is 4.92. The summed E-state index contributed by atoms with van der Waals surface area (Å²) in [6.07, 6.45) is 0. The standard InChI is InChI=1S/C37H23N3S/c1-3-10-25(11-4-1)35-38-36(26-12-5-2-6-13-26)40-37(39-35)30-18-20-32-31-19-17-29(22-33(31)41-34(32)23-30)28-16-15-24-9-7-8-14-27(24)21-28/h1-23H. The van der Waals surface area contributed by atoms with Gasteiger partial charge in [0, 0.05) is 36.9 Å². The van der Waals surface area contributed by atoms with Crippen molar-refractivity contribution >= 4 is 42.3 Å². The second-order valence-corrected chi connectivity index (χ2v) is 11.2. The van der Waals surface area contributed by atoms with Crippen molar-refractivity contribution in [3.05, 3.63) is 140 Å². The van der Waals surface area contributed by atoms with Gasteiger partial charge in [-0.25, -0.2) is 15.0 Å². The van der Waals surface area contributed by atoms with E-state index in [1.807, 2.05) is 72.0 Å². The maximum absolute atomic E-state index is 4.92. The number of rotatable bonds is 4. The Morgan fingerprint density at radius 2 is 0.805 bits per heavy atom. The molecule has 2 heterocycles. The zero-order valence-corrected chi connectivity index (χ0v) is 22.8. The van der Waals surface area contributed by atoms with Gasteiger partial charge in [-0.15, -0.1) is 11.3 Å². The van der Waals surface area contributed by atoms with Crippen molar-refractivity contribution in [2.45, 2.75) is 0 Å². The third kappa shape index (κ3) is 4.35. The molecule has 0 spiro atoms. The largest absolute Gasteiger partial charge is 0.208 e. The van der Waals surface area contributed by atoms with Gasteiger partial charge in [-0.2, -0.15) is 0 Å². The Morgan fingerprint density at radius 3 is 1.44 bits per heavy atom. The predicted octanol–water partition coefficient (Wildman–Crippen LogP) is 10.1. The van der Waals surface area contributed by atoms with E-state index in [2.05, 4.69) is 78.9 Å². The zero-order valence-electron chi connectivity index (χ0n) is 22.0. The molecule has 2 aromatic heterocycles. The third-order valence-electron chi connectivity index (χ3n) is 7.51. The van der Waals surface area contributed by atoms with E-state index < -0.39 is 0 Å². The van der Waals surface area contributed by atoms with E-state index >= 15 is 0 Å². The van der Waals surface area contributed by atoms with Crippen molar-refractivity contribution in [3.63, 3.8) is 0 Å². The van der Waals surface area contributed by atoms with Crippen LogP contribution in [0, 0.1) is 0 Å². The summed E-state index contributed by atoms with van der Waals surface area (Å²) in [6, 6.07) is 48.7. The van der Waals surface area contributed by atoms with Crippen LogP contribution in [0.4, 0.5) is 0 Å². The van der Waals surface area contributed by atoms with Crippen LogP contribution in [0.5, 0.6) is 0 Å². The number of nitrogens with zero attached hydrogens (tertiary/aromatic N) is 3. The van der Waals surface area contributed by atoms with Crippen molar-refractivity contribution in [1.29, 1.82) is 0 Å². The van der Waals surface area contributed by atoms with Crippen molar-refractivity contribution in [2.75, 3.05) is 0 Å². The first-order valence-electron chi connectivity index (χ1n) is 13.6. The molecule has 0 bridgehead atoms. The highest BCUT2D eigenvalue weighted by atomic mass is 32.1. The normalized spacial score (nSPS) is 11.4. The van der Waals surface area contributed by atoms with Crippen LogP contribution in [-0.2, 0) is 0 Å². The minimum absolute atomic E-state index is 0.672. The lowest BCUT2D eigenvalue weighted by atomic mass is 10.00. The molecule has 0 atom stereocenters. The number of hydrogen-bond acceptors (Lipinski definition) is 4. The van der Waals surface area contributed by atoms with Gasteiger partial charge in [-0.3, -0.25) is 0 Å². The van der Waals surface area contributed by atoms with E-state index in [1.165, 1.54) is 42.1 Å². The minimum atomic E-state index is 0.672. The number of hydrogen-bond donors (Lipinski definition) is 0. The van der Waals surface area contributed by atoms with Gasteiger partial charge in [0.05, 0.1) is 0 Å². The molecule has 6 aromatic carbocycles. The van der Waals surface area contributed by atoms with E-state index in [0.29, 0.717) is 17.5 Å². The van der Waals surface area contributed by atoms with Gasteiger partial charge in [-0.05, 0) is 40.1 Å². The van der Waals surface area contributed by atoms with Crippen LogP contribution < -0.4 is 0 Å². The summed E-state index contributed by atoms with van der Waals surface area (Å²) < 4.78 is 2.49. The second kappa shape index (κ2) is 9.77. The molecule has 0 aliphatic heterocycles. The van der Waals surface area contributed by atoms with Crippen LogP contribution >= 0.6 is 11.3 Å². The lowest BCUT2D eigenvalue weighted by Gasteiger charge is -2.08. The number of thiophene rings is 1. The van der Waals surface area contributed by atoms with E-state index in [9.17, 15) is 0 Å². The molecule has 0 N–H and O–H groups in total. The van der Waals surface area contributed by atoms with Gasteiger partial charge in [0.15, 0.2) is 17.5 Å². The maximum Gasteiger partial charge on any atom is 0.164 e. The molecule has 0 amide bonds. The fourth-order valence-corrected chi connectivity index (χ4v) is 6.59. The lowest BCUT2D eigenvalue weighted by Crippen LogP contribution is -1.99. The van der Waals surface area contributed by atoms with E-state index in [1.54, 1.807) is 0 Å². The summed E-state index contributed by atoms with van der Waals surface area (Å²) in [7, 11) is 0. The molecule has 0 radical (unpaired) electrons. The highest BCUT2D eigenvalue weighted by molar-refractivity contribution is 7.25. The lowest BCUT2D eigenvalue weighted by molar-refractivity contribution is 1.07. The Morgan fingerprint density at radius 1 is 0.341 bits per heavy atom. The Labute approximate surface area is 241 Å². The van der Waals surface area contributed by atoms with Crippen LogP contribution in [0.15, 0.2) is 140 Å². The van der Waals surface area contributed by atoms with Gasteiger partial charge in [0.2, 0.25) is 0 Å². The SMILES string of the molecule is c1ccc(-c2nc(-c3ccccc3)nc(-c3ccc4c(c3)sc3cc(-c5ccc6ccccc6c5)ccc34)n2)cc1. The van der Waals surface area contributed by atoms with Crippen molar-refractivity contribution < 1.29 is 0 Å². The highest BCUT2D eigenvalue weighted by Crippen LogP contribution is 2.38. The molecule has 0 aliphatic carbocycles. The number of aromatic nitrogens is 3. The molecule has 8 aromatic rings. The second-order valence-electron chi connectivity index (χ2n) is 10.1. The fourth-order valence-electron chi connectivity index (χ4n) is 5.40. The minimum Gasteiger partial charge on any atom is -0.208 e. The quantitative estimate of drug-likeness (QED) is 0.222. The van der Waals surface area contributed by atoms with Gasteiger partial charge >= 0.3 is 0 Å². The van der Waals surface area contributed by atoms with Crippen LogP contribution in [0.1, 0.15) is 0 Å². The van der Waals surface area contributed by atoms with Crippen LogP contribution in [0.3, 0.4) is 0 Å². The topological polar surface area (TPSA) is 38.7 Å². The molecule has 0 unspecified atom stereocenters. The monoisotopic (exact) mass is 541 g/mol. The molecule has 4 heteroatoms. The van der Waals surface area contributed by atoms with Gasteiger partial charge < -0.3 is 0 Å². The van der Waals surface area contributed by atoms with Crippen LogP contribution in [0.2, 0.25) is 0 Å². The van der Waals surface area contributed by atoms with E-state index in [4.69, 9.17) is 15.0 Å². The van der Waals surface area contributed by atoms with E-state index in [-0.39, 0.29) is 0 Å². The van der Waals surface area contributed by atoms with Crippen molar-refractivity contribution in [2.24, 2.45) is 0 Å². The summed E-state index contributed by atoms with van der Waals surface area (Å²) >= 11 is 1.81.